The van der Waals surface area contributed by atoms with E-state index in [0.29, 0.717) is 13.1 Å². The van der Waals surface area contributed by atoms with E-state index in [0.717, 1.165) is 25.8 Å². The van der Waals surface area contributed by atoms with Crippen LogP contribution in [0.1, 0.15) is 19.3 Å². The molecule has 1 atom stereocenters. The van der Waals surface area contributed by atoms with Gasteiger partial charge in [0.1, 0.15) is 0 Å². The topological polar surface area (TPSA) is 52.6 Å². The first-order chi connectivity index (χ1) is 7.29. The van der Waals surface area contributed by atoms with Gasteiger partial charge in [-0.05, 0) is 19.3 Å². The highest BCUT2D eigenvalue weighted by Gasteiger charge is 2.25. The lowest BCUT2D eigenvalue weighted by atomic mass is 10.0. The molecule has 1 aliphatic rings. The minimum atomic E-state index is 0.0248. The van der Waals surface area contributed by atoms with Gasteiger partial charge in [0.15, 0.2) is 0 Å². The molecule has 1 heterocycles. The van der Waals surface area contributed by atoms with Crippen LogP contribution in [0.25, 0.3) is 0 Å². The summed E-state index contributed by atoms with van der Waals surface area (Å²) in [5.74, 6) is 0.0793. The Bertz CT molecular complexity index is 219. The molecule has 1 saturated heterocycles. The van der Waals surface area contributed by atoms with Crippen LogP contribution in [0.2, 0.25) is 0 Å². The monoisotopic (exact) mass is 212 g/mol. The third-order valence-corrected chi connectivity index (χ3v) is 2.72. The molecule has 0 aromatic heterocycles. The van der Waals surface area contributed by atoms with Crippen LogP contribution in [0.5, 0.6) is 0 Å². The minimum absolute atomic E-state index is 0.0248. The molecule has 0 aliphatic carbocycles. The van der Waals surface area contributed by atoms with Gasteiger partial charge in [0.05, 0.1) is 19.2 Å². The summed E-state index contributed by atoms with van der Waals surface area (Å²) in [7, 11) is 0. The van der Waals surface area contributed by atoms with Crippen LogP contribution in [0.15, 0.2) is 12.7 Å². The zero-order valence-corrected chi connectivity index (χ0v) is 9.11. The molecule has 1 aliphatic heterocycles. The molecule has 0 saturated carbocycles. The Kier molecular flexibility index (Phi) is 5.36. The van der Waals surface area contributed by atoms with E-state index in [1.807, 2.05) is 0 Å². The van der Waals surface area contributed by atoms with Gasteiger partial charge in [0, 0.05) is 13.1 Å². The molecule has 15 heavy (non-hydrogen) atoms. The zero-order valence-electron chi connectivity index (χ0n) is 9.11. The number of rotatable bonds is 5. The van der Waals surface area contributed by atoms with E-state index < -0.39 is 0 Å². The summed E-state index contributed by atoms with van der Waals surface area (Å²) in [4.78, 5) is 13.6. The Morgan fingerprint density at radius 2 is 2.40 bits per heavy atom. The van der Waals surface area contributed by atoms with Gasteiger partial charge < -0.3 is 15.3 Å². The van der Waals surface area contributed by atoms with Crippen LogP contribution in [-0.4, -0.2) is 48.2 Å². The van der Waals surface area contributed by atoms with Crippen molar-refractivity contribution in [1.82, 2.24) is 10.2 Å². The molecule has 0 radical (unpaired) electrons. The SMILES string of the molecule is C=CCNCC(=O)N1CCCCC1CO. The number of nitrogens with zero attached hydrogens (tertiary/aromatic N) is 1. The molecule has 2 N–H and O–H groups in total. The molecule has 4 nitrogen and oxygen atoms in total. The van der Waals surface area contributed by atoms with Crippen molar-refractivity contribution >= 4 is 5.91 Å². The normalized spacial score (nSPS) is 21.4. The summed E-state index contributed by atoms with van der Waals surface area (Å²) in [5.41, 5.74) is 0. The maximum absolute atomic E-state index is 11.8. The van der Waals surface area contributed by atoms with Gasteiger partial charge in [-0.25, -0.2) is 0 Å². The van der Waals surface area contributed by atoms with Gasteiger partial charge in [0.2, 0.25) is 5.91 Å². The Morgan fingerprint density at radius 3 is 3.07 bits per heavy atom. The molecule has 1 fully saturated rings. The Hall–Kier alpha value is -0.870. The van der Waals surface area contributed by atoms with Crippen LogP contribution in [0.4, 0.5) is 0 Å². The minimum Gasteiger partial charge on any atom is -0.394 e. The average molecular weight is 212 g/mol. The lowest BCUT2D eigenvalue weighted by Gasteiger charge is -2.34. The number of carbonyl (C=O) groups is 1. The van der Waals surface area contributed by atoms with Crippen molar-refractivity contribution < 1.29 is 9.90 Å². The van der Waals surface area contributed by atoms with Crippen molar-refractivity contribution in [3.63, 3.8) is 0 Å². The van der Waals surface area contributed by atoms with Crippen molar-refractivity contribution in [2.24, 2.45) is 0 Å². The van der Waals surface area contributed by atoms with E-state index in [1.165, 1.54) is 0 Å². The van der Waals surface area contributed by atoms with Crippen LogP contribution < -0.4 is 5.32 Å². The van der Waals surface area contributed by atoms with Crippen molar-refractivity contribution in [3.05, 3.63) is 12.7 Å². The van der Waals surface area contributed by atoms with Crippen molar-refractivity contribution in [2.75, 3.05) is 26.2 Å². The number of hydrogen-bond acceptors (Lipinski definition) is 3. The number of nitrogens with one attached hydrogen (secondary N) is 1. The summed E-state index contributed by atoms with van der Waals surface area (Å²) in [6.07, 6.45) is 4.80. The maximum atomic E-state index is 11.8. The number of likely N-dealkylation sites (tertiary alicyclic amines) is 1. The van der Waals surface area contributed by atoms with Gasteiger partial charge in [-0.3, -0.25) is 4.79 Å². The van der Waals surface area contributed by atoms with Gasteiger partial charge in [-0.2, -0.15) is 0 Å². The Morgan fingerprint density at radius 1 is 1.60 bits per heavy atom. The molecule has 1 amide bonds. The molecule has 0 spiro atoms. The smallest absolute Gasteiger partial charge is 0.236 e. The van der Waals surface area contributed by atoms with Crippen LogP contribution in [0, 0.1) is 0 Å². The van der Waals surface area contributed by atoms with E-state index in [-0.39, 0.29) is 18.6 Å². The second kappa shape index (κ2) is 6.58. The highest BCUT2D eigenvalue weighted by Crippen LogP contribution is 2.16. The summed E-state index contributed by atoms with van der Waals surface area (Å²) in [6, 6.07) is 0.0248. The van der Waals surface area contributed by atoms with E-state index >= 15 is 0 Å². The van der Waals surface area contributed by atoms with Crippen LogP contribution >= 0.6 is 0 Å². The van der Waals surface area contributed by atoms with Gasteiger partial charge in [-0.1, -0.05) is 6.08 Å². The summed E-state index contributed by atoms with van der Waals surface area (Å²) in [5, 5.41) is 12.1. The molecule has 4 heteroatoms. The van der Waals surface area contributed by atoms with Crippen molar-refractivity contribution in [1.29, 1.82) is 0 Å². The molecule has 86 valence electrons. The predicted molar refractivity (Wildman–Crippen MR) is 59.5 cm³/mol. The first-order valence-electron chi connectivity index (χ1n) is 5.51. The number of carbonyl (C=O) groups excluding carboxylic acids is 1. The molecule has 0 aromatic carbocycles. The number of amides is 1. The fourth-order valence-electron chi connectivity index (χ4n) is 1.90. The zero-order chi connectivity index (χ0) is 11.1. The first-order valence-corrected chi connectivity index (χ1v) is 5.51. The predicted octanol–water partition coefficient (Wildman–Crippen LogP) is 0.135. The molecule has 0 aromatic rings. The lowest BCUT2D eigenvalue weighted by molar-refractivity contribution is -0.134. The molecule has 1 rings (SSSR count). The molecule has 0 bridgehead atoms. The molecular formula is C11H20N2O2. The second-order valence-electron chi connectivity index (χ2n) is 3.84. The lowest BCUT2D eigenvalue weighted by Crippen LogP contribution is -2.48. The van der Waals surface area contributed by atoms with E-state index in [1.54, 1.807) is 11.0 Å². The number of piperidine rings is 1. The quantitative estimate of drug-likeness (QED) is 0.503. The van der Waals surface area contributed by atoms with Gasteiger partial charge >= 0.3 is 0 Å². The van der Waals surface area contributed by atoms with E-state index in [9.17, 15) is 4.79 Å². The highest BCUT2D eigenvalue weighted by atomic mass is 16.3. The molecular weight excluding hydrogens is 192 g/mol. The largest absolute Gasteiger partial charge is 0.394 e. The van der Waals surface area contributed by atoms with Crippen molar-refractivity contribution in [3.8, 4) is 0 Å². The number of hydrogen-bond donors (Lipinski definition) is 2. The van der Waals surface area contributed by atoms with Crippen molar-refractivity contribution in [2.45, 2.75) is 25.3 Å². The average Bonchev–Trinajstić information content (AvgIpc) is 2.29. The second-order valence-corrected chi connectivity index (χ2v) is 3.84. The maximum Gasteiger partial charge on any atom is 0.236 e. The fourth-order valence-corrected chi connectivity index (χ4v) is 1.90. The Labute approximate surface area is 91.0 Å². The Balaban J connectivity index is 2.37. The summed E-state index contributed by atoms with van der Waals surface area (Å²) in [6.45, 7) is 5.41. The first kappa shape index (κ1) is 12.2. The van der Waals surface area contributed by atoms with Crippen LogP contribution in [0.3, 0.4) is 0 Å². The highest BCUT2D eigenvalue weighted by molar-refractivity contribution is 5.78. The fraction of sp³-hybridized carbons (Fsp3) is 0.727. The van der Waals surface area contributed by atoms with Gasteiger partial charge in [-0.15, -0.1) is 6.58 Å². The third kappa shape index (κ3) is 3.64. The molecule has 1 unspecified atom stereocenters. The third-order valence-electron chi connectivity index (χ3n) is 2.72. The van der Waals surface area contributed by atoms with Crippen LogP contribution in [-0.2, 0) is 4.79 Å². The number of aliphatic hydroxyl groups excluding tert-OH is 1. The summed E-state index contributed by atoms with van der Waals surface area (Å²) >= 11 is 0. The standard InChI is InChI=1S/C11H20N2O2/c1-2-6-12-8-11(15)13-7-4-3-5-10(13)9-14/h2,10,12,14H,1,3-9H2. The van der Waals surface area contributed by atoms with Gasteiger partial charge in [0.25, 0.3) is 0 Å². The van der Waals surface area contributed by atoms with E-state index in [4.69, 9.17) is 5.11 Å². The summed E-state index contributed by atoms with van der Waals surface area (Å²) < 4.78 is 0. The van der Waals surface area contributed by atoms with E-state index in [2.05, 4.69) is 11.9 Å². The number of aliphatic hydroxyl groups is 1.